The summed E-state index contributed by atoms with van der Waals surface area (Å²) in [4.78, 5) is 0. The van der Waals surface area contributed by atoms with Crippen molar-refractivity contribution in [3.63, 3.8) is 0 Å². The van der Waals surface area contributed by atoms with Gasteiger partial charge in [-0.1, -0.05) is 12.1 Å². The van der Waals surface area contributed by atoms with Crippen LogP contribution in [0.5, 0.6) is 11.5 Å². The maximum Gasteiger partial charge on any atom is 0.165 e. The van der Waals surface area contributed by atoms with Gasteiger partial charge >= 0.3 is 0 Å². The van der Waals surface area contributed by atoms with E-state index in [0.717, 1.165) is 9.13 Å². The number of hydrogen-bond donors (Lipinski definition) is 1. The number of methoxy groups -OCH3 is 2. The Morgan fingerprint density at radius 1 is 1.33 bits per heavy atom. The van der Waals surface area contributed by atoms with Crippen LogP contribution >= 0.6 is 22.6 Å². The van der Waals surface area contributed by atoms with E-state index in [1.165, 1.54) is 0 Å². The Labute approximate surface area is 119 Å². The van der Waals surface area contributed by atoms with Gasteiger partial charge in [0.1, 0.15) is 5.82 Å². The first-order valence-electron chi connectivity index (χ1n) is 5.34. The summed E-state index contributed by atoms with van der Waals surface area (Å²) in [6.07, 6.45) is 1.74. The molecule has 0 spiro atoms. The zero-order valence-electron chi connectivity index (χ0n) is 10.2. The number of rotatable bonds is 4. The van der Waals surface area contributed by atoms with E-state index in [1.54, 1.807) is 25.1 Å². The smallest absolute Gasteiger partial charge is 0.165 e. The quantitative estimate of drug-likeness (QED) is 0.850. The fourth-order valence-electron chi connectivity index (χ4n) is 1.74. The van der Waals surface area contributed by atoms with Crippen molar-refractivity contribution in [2.24, 2.45) is 0 Å². The Morgan fingerprint density at radius 3 is 2.67 bits per heavy atom. The van der Waals surface area contributed by atoms with Crippen molar-refractivity contribution in [3.05, 3.63) is 33.5 Å². The summed E-state index contributed by atoms with van der Waals surface area (Å²) in [5.41, 5.74) is 6.91. The van der Waals surface area contributed by atoms with Gasteiger partial charge < -0.3 is 15.2 Å². The van der Waals surface area contributed by atoms with Crippen LogP contribution in [0, 0.1) is 3.57 Å². The molecule has 0 amide bonds. The van der Waals surface area contributed by atoms with Crippen LogP contribution in [0.4, 0.5) is 5.82 Å². The number of nitrogens with two attached hydrogens (primary N) is 1. The summed E-state index contributed by atoms with van der Waals surface area (Å²) < 4.78 is 13.3. The number of nitrogens with zero attached hydrogens (tertiary/aromatic N) is 2. The molecule has 0 radical (unpaired) electrons. The van der Waals surface area contributed by atoms with Gasteiger partial charge in [-0.25, -0.2) is 4.68 Å². The third-order valence-corrected chi connectivity index (χ3v) is 3.47. The highest BCUT2D eigenvalue weighted by Gasteiger charge is 2.12. The average molecular weight is 359 g/mol. The number of ether oxygens (including phenoxy) is 2. The minimum atomic E-state index is 0.551. The maximum atomic E-state index is 5.93. The van der Waals surface area contributed by atoms with Gasteiger partial charge in [0.15, 0.2) is 11.5 Å². The van der Waals surface area contributed by atoms with Crippen LogP contribution < -0.4 is 15.2 Å². The summed E-state index contributed by atoms with van der Waals surface area (Å²) >= 11 is 2.16. The second kappa shape index (κ2) is 5.47. The number of halogens is 1. The number of para-hydroxylation sites is 1. The second-order valence-corrected chi connectivity index (χ2v) is 4.85. The van der Waals surface area contributed by atoms with Gasteiger partial charge in [-0.15, -0.1) is 0 Å². The average Bonchev–Trinajstić information content (AvgIpc) is 2.70. The Balaban J connectivity index is 2.37. The summed E-state index contributed by atoms with van der Waals surface area (Å²) in [6, 6.07) is 5.75. The highest BCUT2D eigenvalue weighted by atomic mass is 127. The molecule has 2 aromatic rings. The predicted molar refractivity (Wildman–Crippen MR) is 78.0 cm³/mol. The fraction of sp³-hybridized carbons (Fsp3) is 0.250. The Kier molecular flexibility index (Phi) is 3.95. The number of aromatic nitrogens is 2. The molecule has 18 heavy (non-hydrogen) atoms. The van der Waals surface area contributed by atoms with Crippen molar-refractivity contribution in [3.8, 4) is 11.5 Å². The molecule has 0 fully saturated rings. The standard InChI is InChI=1S/C12H14IN3O2/c1-17-10-5-3-4-8(11(10)18-2)7-16-12(14)9(13)6-15-16/h3-6H,7,14H2,1-2H3. The summed E-state index contributed by atoms with van der Waals surface area (Å²) in [7, 11) is 3.24. The minimum Gasteiger partial charge on any atom is -0.493 e. The lowest BCUT2D eigenvalue weighted by atomic mass is 10.2. The predicted octanol–water partition coefficient (Wildman–Crippen LogP) is 2.14. The SMILES string of the molecule is COc1cccc(Cn2ncc(I)c2N)c1OC. The van der Waals surface area contributed by atoms with E-state index >= 15 is 0 Å². The van der Waals surface area contributed by atoms with Crippen molar-refractivity contribution in [1.82, 2.24) is 9.78 Å². The molecule has 2 rings (SSSR count). The molecule has 5 nitrogen and oxygen atoms in total. The molecule has 1 heterocycles. The zero-order valence-corrected chi connectivity index (χ0v) is 12.3. The van der Waals surface area contributed by atoms with Crippen molar-refractivity contribution < 1.29 is 9.47 Å². The van der Waals surface area contributed by atoms with Gasteiger partial charge in [-0.2, -0.15) is 5.10 Å². The summed E-state index contributed by atoms with van der Waals surface area (Å²) in [5.74, 6) is 2.07. The van der Waals surface area contributed by atoms with E-state index in [9.17, 15) is 0 Å². The Hall–Kier alpha value is -1.44. The van der Waals surface area contributed by atoms with E-state index in [0.29, 0.717) is 23.9 Å². The summed E-state index contributed by atoms with van der Waals surface area (Å²) in [5, 5.41) is 4.23. The van der Waals surface area contributed by atoms with Crippen molar-refractivity contribution in [2.75, 3.05) is 20.0 Å². The lowest BCUT2D eigenvalue weighted by molar-refractivity contribution is 0.350. The van der Waals surface area contributed by atoms with Crippen LogP contribution in [0.15, 0.2) is 24.4 Å². The molecule has 0 aliphatic heterocycles. The van der Waals surface area contributed by atoms with Gasteiger partial charge in [0.25, 0.3) is 0 Å². The third kappa shape index (κ3) is 2.38. The molecule has 0 bridgehead atoms. The third-order valence-electron chi connectivity index (χ3n) is 2.64. The lowest BCUT2D eigenvalue weighted by Gasteiger charge is -2.13. The first kappa shape index (κ1) is 13.0. The van der Waals surface area contributed by atoms with Crippen LogP contribution in [-0.2, 0) is 6.54 Å². The van der Waals surface area contributed by atoms with E-state index in [4.69, 9.17) is 15.2 Å². The summed E-state index contributed by atoms with van der Waals surface area (Å²) in [6.45, 7) is 0.551. The molecule has 6 heteroatoms. The second-order valence-electron chi connectivity index (χ2n) is 3.69. The molecule has 0 saturated carbocycles. The highest BCUT2D eigenvalue weighted by Crippen LogP contribution is 2.31. The molecule has 0 unspecified atom stereocenters. The molecule has 0 atom stereocenters. The topological polar surface area (TPSA) is 62.3 Å². The number of benzene rings is 1. The molecular formula is C12H14IN3O2. The molecule has 0 aliphatic rings. The largest absolute Gasteiger partial charge is 0.493 e. The maximum absolute atomic E-state index is 5.93. The van der Waals surface area contributed by atoms with Gasteiger partial charge in [0, 0.05) is 5.56 Å². The molecule has 2 N–H and O–H groups in total. The molecule has 0 saturated heterocycles. The first-order valence-corrected chi connectivity index (χ1v) is 6.42. The highest BCUT2D eigenvalue weighted by molar-refractivity contribution is 14.1. The van der Waals surface area contributed by atoms with Gasteiger partial charge in [0.05, 0.1) is 30.5 Å². The first-order chi connectivity index (χ1) is 8.67. The van der Waals surface area contributed by atoms with Crippen LogP contribution in [0.25, 0.3) is 0 Å². The molecular weight excluding hydrogens is 345 g/mol. The zero-order chi connectivity index (χ0) is 13.1. The van der Waals surface area contributed by atoms with Crippen molar-refractivity contribution in [1.29, 1.82) is 0 Å². The fourth-order valence-corrected chi connectivity index (χ4v) is 2.14. The molecule has 1 aromatic heterocycles. The molecule has 96 valence electrons. The molecule has 0 aliphatic carbocycles. The van der Waals surface area contributed by atoms with Crippen LogP contribution in [0.1, 0.15) is 5.56 Å². The van der Waals surface area contributed by atoms with Crippen LogP contribution in [0.2, 0.25) is 0 Å². The van der Waals surface area contributed by atoms with E-state index in [2.05, 4.69) is 27.7 Å². The van der Waals surface area contributed by atoms with E-state index in [1.807, 2.05) is 18.2 Å². The number of hydrogen-bond acceptors (Lipinski definition) is 4. The number of anilines is 1. The van der Waals surface area contributed by atoms with Gasteiger partial charge in [-0.3, -0.25) is 0 Å². The van der Waals surface area contributed by atoms with Gasteiger partial charge in [0.2, 0.25) is 0 Å². The van der Waals surface area contributed by atoms with Crippen LogP contribution in [-0.4, -0.2) is 24.0 Å². The minimum absolute atomic E-state index is 0.551. The Morgan fingerprint density at radius 2 is 2.11 bits per heavy atom. The lowest BCUT2D eigenvalue weighted by Crippen LogP contribution is -2.07. The van der Waals surface area contributed by atoms with Gasteiger partial charge in [-0.05, 0) is 28.7 Å². The van der Waals surface area contributed by atoms with E-state index < -0.39 is 0 Å². The van der Waals surface area contributed by atoms with Crippen molar-refractivity contribution >= 4 is 28.4 Å². The molecule has 1 aromatic carbocycles. The number of nitrogen functional groups attached to an aromatic ring is 1. The normalized spacial score (nSPS) is 10.4. The Bertz CT molecular complexity index is 554. The monoisotopic (exact) mass is 359 g/mol. The van der Waals surface area contributed by atoms with Crippen molar-refractivity contribution in [2.45, 2.75) is 6.54 Å². The van der Waals surface area contributed by atoms with Crippen LogP contribution in [0.3, 0.4) is 0 Å². The van der Waals surface area contributed by atoms with E-state index in [-0.39, 0.29) is 0 Å².